The molecule has 3 aliphatic rings. The third-order valence-electron chi connectivity index (χ3n) is 6.24. The van der Waals surface area contributed by atoms with Gasteiger partial charge in [0.25, 0.3) is 0 Å². The highest BCUT2D eigenvalue weighted by Gasteiger charge is 2.32. The van der Waals surface area contributed by atoms with Crippen molar-refractivity contribution in [2.24, 2.45) is 4.99 Å². The summed E-state index contributed by atoms with van der Waals surface area (Å²) in [5.41, 5.74) is 2.68. The maximum absolute atomic E-state index is 6.05. The van der Waals surface area contributed by atoms with Gasteiger partial charge in [-0.1, -0.05) is 24.3 Å². The van der Waals surface area contributed by atoms with E-state index in [1.54, 1.807) is 0 Å². The van der Waals surface area contributed by atoms with Crippen LogP contribution in [0.4, 0.5) is 0 Å². The molecule has 0 amide bonds. The van der Waals surface area contributed by atoms with E-state index in [2.05, 4.69) is 49.7 Å². The van der Waals surface area contributed by atoms with Crippen molar-refractivity contribution in [3.05, 3.63) is 35.4 Å². The largest absolute Gasteiger partial charge is 0.379 e. The quantitative estimate of drug-likeness (QED) is 0.549. The van der Waals surface area contributed by atoms with Crippen LogP contribution in [-0.2, 0) is 22.6 Å². The molecule has 7 heteroatoms. The fourth-order valence-corrected chi connectivity index (χ4v) is 4.50. The lowest BCUT2D eigenvalue weighted by molar-refractivity contribution is -0.0453. The minimum atomic E-state index is 0.233. The summed E-state index contributed by atoms with van der Waals surface area (Å²) in [6.07, 6.45) is 2.82. The molecule has 1 aromatic carbocycles. The molecule has 2 atom stereocenters. The summed E-state index contributed by atoms with van der Waals surface area (Å²) in [6.45, 7) is 9.31. The van der Waals surface area contributed by atoms with Crippen LogP contribution in [0, 0.1) is 0 Å². The zero-order chi connectivity index (χ0) is 19.9. The molecule has 0 saturated carbocycles. The van der Waals surface area contributed by atoms with E-state index >= 15 is 0 Å². The molecule has 3 aliphatic heterocycles. The van der Waals surface area contributed by atoms with Gasteiger partial charge in [-0.15, -0.1) is 0 Å². The zero-order valence-corrected chi connectivity index (χ0v) is 17.6. The number of guanidine groups is 1. The van der Waals surface area contributed by atoms with Gasteiger partial charge < -0.3 is 20.1 Å². The number of hydrogen-bond donors (Lipinski definition) is 2. The average molecular weight is 402 g/mol. The van der Waals surface area contributed by atoms with Crippen molar-refractivity contribution < 1.29 is 9.47 Å². The number of nitrogens with one attached hydrogen (secondary N) is 2. The Morgan fingerprint density at radius 2 is 1.97 bits per heavy atom. The predicted octanol–water partition coefficient (Wildman–Crippen LogP) is 1.05. The van der Waals surface area contributed by atoms with Gasteiger partial charge >= 0.3 is 0 Å². The van der Waals surface area contributed by atoms with Gasteiger partial charge in [-0.25, -0.2) is 0 Å². The van der Waals surface area contributed by atoms with Crippen LogP contribution < -0.4 is 10.6 Å². The number of hydrogen-bond acceptors (Lipinski definition) is 5. The van der Waals surface area contributed by atoms with E-state index < -0.39 is 0 Å². The standard InChI is InChI=1S/C22H35N5O2/c1-23-22(25-14-21-16-27-8-4-7-20(27)17-29-21)24-13-18-5-2-3-6-19(18)15-26-9-11-28-12-10-26/h2-3,5-6,20-21H,4,7-17H2,1H3,(H2,23,24,25). The van der Waals surface area contributed by atoms with Gasteiger partial charge in [0, 0.05) is 52.4 Å². The summed E-state index contributed by atoms with van der Waals surface area (Å²) in [6, 6.07) is 9.31. The highest BCUT2D eigenvalue weighted by molar-refractivity contribution is 5.79. The molecule has 4 rings (SSSR count). The Balaban J connectivity index is 1.25. The molecule has 0 bridgehead atoms. The normalized spacial score (nSPS) is 26.3. The minimum absolute atomic E-state index is 0.233. The summed E-state index contributed by atoms with van der Waals surface area (Å²) < 4.78 is 11.5. The Hall–Kier alpha value is -1.67. The summed E-state index contributed by atoms with van der Waals surface area (Å²) in [4.78, 5) is 9.43. The van der Waals surface area contributed by atoms with Crippen LogP contribution in [0.2, 0.25) is 0 Å². The van der Waals surface area contributed by atoms with Gasteiger partial charge in [0.2, 0.25) is 0 Å². The maximum atomic E-state index is 6.05. The molecule has 0 aliphatic carbocycles. The minimum Gasteiger partial charge on any atom is -0.379 e. The van der Waals surface area contributed by atoms with E-state index in [4.69, 9.17) is 9.47 Å². The number of rotatable bonds is 6. The summed E-state index contributed by atoms with van der Waals surface area (Å²) in [7, 11) is 1.83. The van der Waals surface area contributed by atoms with Crippen LogP contribution in [-0.4, -0.2) is 87.5 Å². The molecule has 0 spiro atoms. The van der Waals surface area contributed by atoms with Gasteiger partial charge in [0.15, 0.2) is 5.96 Å². The molecule has 3 heterocycles. The monoisotopic (exact) mass is 401 g/mol. The third-order valence-corrected chi connectivity index (χ3v) is 6.24. The molecular weight excluding hydrogens is 366 g/mol. The molecule has 3 saturated heterocycles. The highest BCUT2D eigenvalue weighted by Crippen LogP contribution is 2.22. The number of morpholine rings is 2. The SMILES string of the molecule is CN=C(NCc1ccccc1CN1CCOCC1)NCC1CN2CCCC2CO1. The molecule has 3 fully saturated rings. The van der Waals surface area contributed by atoms with E-state index in [-0.39, 0.29) is 6.10 Å². The van der Waals surface area contributed by atoms with E-state index in [1.165, 1.54) is 30.5 Å². The van der Waals surface area contributed by atoms with Crippen molar-refractivity contribution >= 4 is 5.96 Å². The first-order chi connectivity index (χ1) is 14.3. The Labute approximate surface area is 174 Å². The number of fused-ring (bicyclic) bond motifs is 1. The molecule has 29 heavy (non-hydrogen) atoms. The average Bonchev–Trinajstić information content (AvgIpc) is 3.23. The van der Waals surface area contributed by atoms with Crippen LogP contribution in [0.5, 0.6) is 0 Å². The Kier molecular flexibility index (Phi) is 7.38. The lowest BCUT2D eigenvalue weighted by atomic mass is 10.1. The summed E-state index contributed by atoms with van der Waals surface area (Å²) in [5, 5.41) is 6.93. The van der Waals surface area contributed by atoms with E-state index in [0.717, 1.165) is 65.0 Å². The van der Waals surface area contributed by atoms with Crippen molar-refractivity contribution in [3.63, 3.8) is 0 Å². The van der Waals surface area contributed by atoms with Gasteiger partial charge in [-0.05, 0) is 30.5 Å². The molecular formula is C22H35N5O2. The molecule has 0 aromatic heterocycles. The Morgan fingerprint density at radius 3 is 2.79 bits per heavy atom. The van der Waals surface area contributed by atoms with Crippen LogP contribution >= 0.6 is 0 Å². The number of benzene rings is 1. The van der Waals surface area contributed by atoms with Crippen molar-refractivity contribution in [2.45, 2.75) is 38.1 Å². The number of nitrogens with zero attached hydrogens (tertiary/aromatic N) is 3. The molecule has 160 valence electrons. The first-order valence-electron chi connectivity index (χ1n) is 11.0. The van der Waals surface area contributed by atoms with Gasteiger partial charge in [0.05, 0.1) is 25.9 Å². The van der Waals surface area contributed by atoms with Gasteiger partial charge in [-0.3, -0.25) is 14.8 Å². The third kappa shape index (κ3) is 5.69. The summed E-state index contributed by atoms with van der Waals surface area (Å²) in [5.74, 6) is 0.832. The van der Waals surface area contributed by atoms with E-state index in [0.29, 0.717) is 6.04 Å². The van der Waals surface area contributed by atoms with Crippen LogP contribution in [0.3, 0.4) is 0 Å². The van der Waals surface area contributed by atoms with E-state index in [9.17, 15) is 0 Å². The lowest BCUT2D eigenvalue weighted by Gasteiger charge is -2.35. The predicted molar refractivity (Wildman–Crippen MR) is 115 cm³/mol. The molecule has 0 radical (unpaired) electrons. The fraction of sp³-hybridized carbons (Fsp3) is 0.682. The van der Waals surface area contributed by atoms with Crippen LogP contribution in [0.15, 0.2) is 29.3 Å². The molecule has 2 N–H and O–H groups in total. The second-order valence-corrected chi connectivity index (χ2v) is 8.21. The number of ether oxygens (including phenoxy) is 2. The van der Waals surface area contributed by atoms with Crippen LogP contribution in [0.1, 0.15) is 24.0 Å². The topological polar surface area (TPSA) is 61.4 Å². The fourth-order valence-electron chi connectivity index (χ4n) is 4.50. The summed E-state index contributed by atoms with van der Waals surface area (Å²) >= 11 is 0. The second-order valence-electron chi connectivity index (χ2n) is 8.21. The zero-order valence-electron chi connectivity index (χ0n) is 17.6. The van der Waals surface area contributed by atoms with Crippen molar-refractivity contribution in [1.29, 1.82) is 0 Å². The molecule has 2 unspecified atom stereocenters. The second kappa shape index (κ2) is 10.4. The number of aliphatic imine (C=N–C) groups is 1. The van der Waals surface area contributed by atoms with E-state index in [1.807, 2.05) is 7.05 Å². The van der Waals surface area contributed by atoms with Crippen LogP contribution in [0.25, 0.3) is 0 Å². The Morgan fingerprint density at radius 1 is 1.14 bits per heavy atom. The van der Waals surface area contributed by atoms with Gasteiger partial charge in [0.1, 0.15) is 0 Å². The van der Waals surface area contributed by atoms with Crippen molar-refractivity contribution in [3.8, 4) is 0 Å². The highest BCUT2D eigenvalue weighted by atomic mass is 16.5. The maximum Gasteiger partial charge on any atom is 0.191 e. The van der Waals surface area contributed by atoms with Crippen molar-refractivity contribution in [1.82, 2.24) is 20.4 Å². The molecule has 1 aromatic rings. The van der Waals surface area contributed by atoms with Gasteiger partial charge in [-0.2, -0.15) is 0 Å². The first kappa shape index (κ1) is 20.6. The lowest BCUT2D eigenvalue weighted by Crippen LogP contribution is -2.51. The first-order valence-corrected chi connectivity index (χ1v) is 11.0. The van der Waals surface area contributed by atoms with Crippen molar-refractivity contribution in [2.75, 3.05) is 59.6 Å². The smallest absolute Gasteiger partial charge is 0.191 e. The Bertz CT molecular complexity index is 677. The molecule has 7 nitrogen and oxygen atoms in total.